The summed E-state index contributed by atoms with van der Waals surface area (Å²) in [6, 6.07) is 13.4. The van der Waals surface area contributed by atoms with Gasteiger partial charge >= 0.3 is 0 Å². The smallest absolute Gasteiger partial charge is 0.158 e. The Hall–Kier alpha value is -3.48. The molecule has 4 rings (SSSR count). The zero-order chi connectivity index (χ0) is 23.6. The minimum atomic E-state index is -1.42. The fourth-order valence-corrected chi connectivity index (χ4v) is 3.96. The zero-order valence-corrected chi connectivity index (χ0v) is 19.8. The van der Waals surface area contributed by atoms with Crippen molar-refractivity contribution < 1.29 is 4.39 Å². The zero-order valence-electron chi connectivity index (χ0n) is 19.8. The number of nitrogens with zero attached hydrogens (tertiary/aromatic N) is 5. The number of rotatable bonds is 6. The fourth-order valence-electron chi connectivity index (χ4n) is 3.96. The van der Waals surface area contributed by atoms with E-state index in [1.54, 1.807) is 20.0 Å². The summed E-state index contributed by atoms with van der Waals surface area (Å²) in [5.74, 6) is 3.01. The van der Waals surface area contributed by atoms with Crippen LogP contribution in [0.5, 0.6) is 0 Å². The van der Waals surface area contributed by atoms with E-state index in [1.165, 1.54) is 0 Å². The third-order valence-electron chi connectivity index (χ3n) is 5.86. The van der Waals surface area contributed by atoms with E-state index in [4.69, 9.17) is 4.98 Å². The van der Waals surface area contributed by atoms with Crippen molar-refractivity contribution in [2.24, 2.45) is 0 Å². The van der Waals surface area contributed by atoms with Crippen LogP contribution in [0.4, 0.5) is 21.7 Å². The molecule has 172 valence electrons. The molecule has 1 N–H and O–H groups in total. The van der Waals surface area contributed by atoms with Crippen molar-refractivity contribution in [3.8, 4) is 11.3 Å². The van der Waals surface area contributed by atoms with Crippen LogP contribution in [0.2, 0.25) is 0 Å². The van der Waals surface area contributed by atoms with Crippen LogP contribution in [-0.2, 0) is 12.1 Å². The Kier molecular flexibility index (Phi) is 6.31. The lowest BCUT2D eigenvalue weighted by atomic mass is 9.97. The van der Waals surface area contributed by atoms with Crippen LogP contribution in [0.15, 0.2) is 61.1 Å². The topological polar surface area (TPSA) is 57.2 Å². The van der Waals surface area contributed by atoms with E-state index in [-0.39, 0.29) is 0 Å². The van der Waals surface area contributed by atoms with E-state index in [1.807, 2.05) is 43.3 Å². The van der Waals surface area contributed by atoms with Crippen LogP contribution < -0.4 is 15.1 Å². The highest BCUT2D eigenvalue weighted by Gasteiger charge is 2.24. The molecule has 6 nitrogen and oxygen atoms in total. The largest absolute Gasteiger partial charge is 0.372 e. The van der Waals surface area contributed by atoms with E-state index in [9.17, 15) is 4.39 Å². The maximum absolute atomic E-state index is 14.6. The van der Waals surface area contributed by atoms with Gasteiger partial charge in [-0.1, -0.05) is 31.7 Å². The molecule has 0 bridgehead atoms. The van der Waals surface area contributed by atoms with E-state index in [0.717, 1.165) is 54.5 Å². The third-order valence-corrected chi connectivity index (χ3v) is 5.86. The molecule has 2 aromatic heterocycles. The first-order chi connectivity index (χ1) is 15.8. The third kappa shape index (κ3) is 4.97. The lowest BCUT2D eigenvalue weighted by Crippen LogP contribution is -2.28. The summed E-state index contributed by atoms with van der Waals surface area (Å²) in [6.45, 7) is 11.1. The van der Waals surface area contributed by atoms with Gasteiger partial charge in [0.2, 0.25) is 0 Å². The molecule has 1 aliphatic rings. The number of benzene rings is 1. The predicted octanol–water partition coefficient (Wildman–Crippen LogP) is 5.54. The highest BCUT2D eigenvalue weighted by Crippen LogP contribution is 2.35. The number of aryl methyl sites for hydroxylation is 1. The molecular weight excluding hydrogens is 415 g/mol. The van der Waals surface area contributed by atoms with Crippen LogP contribution in [0.25, 0.3) is 11.3 Å². The van der Waals surface area contributed by atoms with E-state index >= 15 is 0 Å². The van der Waals surface area contributed by atoms with E-state index in [2.05, 4.69) is 44.8 Å². The van der Waals surface area contributed by atoms with Gasteiger partial charge < -0.3 is 15.1 Å². The minimum Gasteiger partial charge on any atom is -0.372 e. The number of halogens is 1. The lowest BCUT2D eigenvalue weighted by Gasteiger charge is -2.27. The molecule has 3 heterocycles. The molecule has 1 aliphatic heterocycles. The maximum atomic E-state index is 14.6. The number of hydrogen-bond acceptors (Lipinski definition) is 6. The van der Waals surface area contributed by atoms with E-state index < -0.39 is 5.67 Å². The molecule has 1 aromatic carbocycles. The predicted molar refractivity (Wildman–Crippen MR) is 133 cm³/mol. The number of alkyl halides is 1. The van der Waals surface area contributed by atoms with Gasteiger partial charge in [0.25, 0.3) is 0 Å². The number of anilines is 3. The van der Waals surface area contributed by atoms with Gasteiger partial charge in [0, 0.05) is 38.3 Å². The van der Waals surface area contributed by atoms with E-state index in [0.29, 0.717) is 17.2 Å². The van der Waals surface area contributed by atoms with Crippen molar-refractivity contribution in [3.63, 3.8) is 0 Å². The number of hydrogen-bond donors (Lipinski definition) is 1. The summed E-state index contributed by atoms with van der Waals surface area (Å²) in [7, 11) is 2.07. The monoisotopic (exact) mass is 446 g/mol. The van der Waals surface area contributed by atoms with Gasteiger partial charge in [-0.3, -0.25) is 0 Å². The van der Waals surface area contributed by atoms with Crippen LogP contribution in [-0.4, -0.2) is 35.1 Å². The average molecular weight is 447 g/mol. The Balaban J connectivity index is 1.71. The molecule has 0 amide bonds. The van der Waals surface area contributed by atoms with Crippen molar-refractivity contribution in [2.45, 2.75) is 39.3 Å². The molecular formula is C26H31FN6. The standard InChI is InChI=1S/C26H31FN6/c1-6-23-28-14-13-24(31-23)29-18(2)33-16-8-15-32(5)22-12-11-21(30-25(22)33)19-9-7-10-20(17-19)26(3,4)27/h7,9-14,17H,2,6,8,15-16H2,1,3-5H3,(H,28,29,31). The molecule has 0 spiro atoms. The maximum Gasteiger partial charge on any atom is 0.158 e. The summed E-state index contributed by atoms with van der Waals surface area (Å²) in [5.41, 5.74) is 1.92. The highest BCUT2D eigenvalue weighted by molar-refractivity contribution is 5.75. The molecule has 0 saturated carbocycles. The minimum absolute atomic E-state index is 0.632. The average Bonchev–Trinajstić information content (AvgIpc) is 2.97. The van der Waals surface area contributed by atoms with Crippen molar-refractivity contribution in [2.75, 3.05) is 35.3 Å². The Morgan fingerprint density at radius 1 is 1.15 bits per heavy atom. The molecule has 3 aromatic rings. The summed E-state index contributed by atoms with van der Waals surface area (Å²) >= 11 is 0. The van der Waals surface area contributed by atoms with Crippen molar-refractivity contribution in [3.05, 3.63) is 72.4 Å². The summed E-state index contributed by atoms with van der Waals surface area (Å²) in [5, 5.41) is 3.33. The molecule has 0 unspecified atom stereocenters. The molecule has 0 atom stereocenters. The van der Waals surface area contributed by atoms with Crippen LogP contribution in [0.1, 0.15) is 38.6 Å². The van der Waals surface area contributed by atoms with Gasteiger partial charge in [-0.2, -0.15) is 0 Å². The highest BCUT2D eigenvalue weighted by atomic mass is 19.1. The van der Waals surface area contributed by atoms with Crippen molar-refractivity contribution >= 4 is 17.3 Å². The molecule has 0 radical (unpaired) electrons. The SMILES string of the molecule is C=C(Nc1ccnc(CC)n1)N1CCCN(C)c2ccc(-c3cccc(C(C)(C)F)c3)nc21. The summed E-state index contributed by atoms with van der Waals surface area (Å²) < 4.78 is 14.6. The van der Waals surface area contributed by atoms with Crippen LogP contribution in [0.3, 0.4) is 0 Å². The first kappa shape index (κ1) is 22.7. The van der Waals surface area contributed by atoms with Gasteiger partial charge in [0.05, 0.1) is 11.4 Å². The molecule has 7 heteroatoms. The summed E-state index contributed by atoms with van der Waals surface area (Å²) in [6.07, 6.45) is 3.47. The van der Waals surface area contributed by atoms with Gasteiger partial charge in [-0.15, -0.1) is 0 Å². The Morgan fingerprint density at radius 2 is 1.97 bits per heavy atom. The quantitative estimate of drug-likeness (QED) is 0.537. The molecule has 33 heavy (non-hydrogen) atoms. The Bertz CT molecular complexity index is 1150. The number of fused-ring (bicyclic) bond motifs is 1. The Labute approximate surface area is 195 Å². The summed E-state index contributed by atoms with van der Waals surface area (Å²) in [4.78, 5) is 18.1. The second kappa shape index (κ2) is 9.17. The fraction of sp³-hybridized carbons (Fsp3) is 0.346. The molecule has 0 fully saturated rings. The lowest BCUT2D eigenvalue weighted by molar-refractivity contribution is 0.221. The normalized spacial score (nSPS) is 14.0. The van der Waals surface area contributed by atoms with Gasteiger partial charge in [-0.05, 0) is 50.1 Å². The molecule has 0 saturated heterocycles. The van der Waals surface area contributed by atoms with Crippen LogP contribution in [0, 0.1) is 0 Å². The van der Waals surface area contributed by atoms with Crippen molar-refractivity contribution in [1.82, 2.24) is 15.0 Å². The first-order valence-corrected chi connectivity index (χ1v) is 11.3. The van der Waals surface area contributed by atoms with Gasteiger partial charge in [0.1, 0.15) is 23.1 Å². The number of nitrogens with one attached hydrogen (secondary N) is 1. The number of pyridine rings is 1. The Morgan fingerprint density at radius 3 is 2.73 bits per heavy atom. The van der Waals surface area contributed by atoms with Crippen LogP contribution >= 0.6 is 0 Å². The van der Waals surface area contributed by atoms with Gasteiger partial charge in [-0.25, -0.2) is 19.3 Å². The van der Waals surface area contributed by atoms with Crippen molar-refractivity contribution in [1.29, 1.82) is 0 Å². The van der Waals surface area contributed by atoms with Gasteiger partial charge in [0.15, 0.2) is 5.82 Å². The number of aromatic nitrogens is 3. The second-order valence-corrected chi connectivity index (χ2v) is 8.80. The molecule has 0 aliphatic carbocycles. The second-order valence-electron chi connectivity index (χ2n) is 8.80. The first-order valence-electron chi connectivity index (χ1n) is 11.3.